The van der Waals surface area contributed by atoms with Crippen LogP contribution in [0.1, 0.15) is 51.9 Å². The number of nitrogens with one attached hydrogen (secondary N) is 1. The summed E-state index contributed by atoms with van der Waals surface area (Å²) in [6, 6.07) is -0.352. The highest BCUT2D eigenvalue weighted by atomic mass is 35.5. The summed E-state index contributed by atoms with van der Waals surface area (Å²) in [6.45, 7) is 13.0. The Hall–Kier alpha value is -1.36. The van der Waals surface area contributed by atoms with Crippen LogP contribution in [0.4, 0.5) is 5.82 Å². The van der Waals surface area contributed by atoms with Gasteiger partial charge in [0.1, 0.15) is 22.8 Å². The van der Waals surface area contributed by atoms with E-state index in [0.29, 0.717) is 29.9 Å². The highest BCUT2D eigenvalue weighted by Gasteiger charge is 2.20. The maximum atomic E-state index is 12.3. The Morgan fingerprint density at radius 2 is 1.81 bits per heavy atom. The molecule has 1 unspecified atom stereocenters. The quantitative estimate of drug-likeness (QED) is 0.819. The number of amides is 1. The molecule has 1 amide bonds. The Balaban J connectivity index is 2.99. The van der Waals surface area contributed by atoms with Gasteiger partial charge in [0.15, 0.2) is 0 Å². The molecule has 0 aromatic carbocycles. The lowest BCUT2D eigenvalue weighted by Crippen LogP contribution is -2.41. The molecule has 0 aliphatic rings. The van der Waals surface area contributed by atoms with Crippen LogP contribution in [0.25, 0.3) is 0 Å². The number of nitrogens with zero attached hydrogens (tertiary/aromatic N) is 3. The molecule has 6 heteroatoms. The van der Waals surface area contributed by atoms with Gasteiger partial charge in [0, 0.05) is 24.6 Å². The van der Waals surface area contributed by atoms with Gasteiger partial charge in [-0.25, -0.2) is 9.97 Å². The Bertz CT molecular complexity index is 501. The van der Waals surface area contributed by atoms with Gasteiger partial charge in [0.25, 0.3) is 0 Å². The van der Waals surface area contributed by atoms with Crippen molar-refractivity contribution in [3.63, 3.8) is 0 Å². The second-order valence-corrected chi connectivity index (χ2v) is 5.74. The molecule has 1 aromatic heterocycles. The predicted molar refractivity (Wildman–Crippen MR) is 86.9 cm³/mol. The fraction of sp³-hybridized carbons (Fsp3) is 0.667. The smallest absolute Gasteiger partial charge is 0.244 e. The number of halogens is 1. The van der Waals surface area contributed by atoms with Gasteiger partial charge in [-0.1, -0.05) is 25.4 Å². The fourth-order valence-electron chi connectivity index (χ4n) is 1.98. The molecule has 1 aromatic rings. The third-order valence-corrected chi connectivity index (χ3v) is 3.79. The average Bonchev–Trinajstić information content (AvgIpc) is 2.44. The van der Waals surface area contributed by atoms with E-state index in [1.165, 1.54) is 0 Å². The van der Waals surface area contributed by atoms with Crippen LogP contribution in [0.2, 0.25) is 5.15 Å². The maximum absolute atomic E-state index is 12.3. The van der Waals surface area contributed by atoms with Crippen LogP contribution in [0.15, 0.2) is 0 Å². The van der Waals surface area contributed by atoms with Crippen LogP contribution in [-0.4, -0.2) is 39.9 Å². The molecule has 0 aliphatic carbocycles. The van der Waals surface area contributed by atoms with Gasteiger partial charge in [-0.15, -0.1) is 0 Å². The normalized spacial score (nSPS) is 12.4. The number of aromatic nitrogens is 2. The molecule has 0 bridgehead atoms. The first-order chi connectivity index (χ1) is 9.81. The molecule has 0 radical (unpaired) electrons. The average molecular weight is 313 g/mol. The van der Waals surface area contributed by atoms with Crippen molar-refractivity contribution < 1.29 is 4.79 Å². The zero-order chi connectivity index (χ0) is 16.2. The number of likely N-dealkylation sites (N-methyl/N-ethyl adjacent to an activating group) is 1. The SMILES string of the molecule is CCN(CC)C(=O)C(C)Nc1nc(C(C)C)nc(Cl)c1C. The largest absolute Gasteiger partial charge is 0.358 e. The van der Waals surface area contributed by atoms with Gasteiger partial charge < -0.3 is 10.2 Å². The van der Waals surface area contributed by atoms with Crippen molar-refractivity contribution in [1.82, 2.24) is 14.9 Å². The summed E-state index contributed by atoms with van der Waals surface area (Å²) in [6.07, 6.45) is 0. The van der Waals surface area contributed by atoms with Crippen molar-refractivity contribution in [1.29, 1.82) is 0 Å². The summed E-state index contributed by atoms with van der Waals surface area (Å²) in [5.74, 6) is 1.54. The van der Waals surface area contributed by atoms with E-state index in [1.54, 1.807) is 4.90 Å². The minimum absolute atomic E-state index is 0.0558. The van der Waals surface area contributed by atoms with Crippen LogP contribution in [0.5, 0.6) is 0 Å². The molecule has 1 rings (SSSR count). The van der Waals surface area contributed by atoms with E-state index in [4.69, 9.17) is 11.6 Å². The summed E-state index contributed by atoms with van der Waals surface area (Å²) < 4.78 is 0. The maximum Gasteiger partial charge on any atom is 0.244 e. The number of rotatable bonds is 6. The molecule has 0 saturated heterocycles. The molecule has 118 valence electrons. The molecular weight excluding hydrogens is 288 g/mol. The first-order valence-electron chi connectivity index (χ1n) is 7.41. The van der Waals surface area contributed by atoms with Gasteiger partial charge in [0.05, 0.1) is 0 Å². The van der Waals surface area contributed by atoms with E-state index in [9.17, 15) is 4.79 Å². The van der Waals surface area contributed by atoms with Crippen LogP contribution >= 0.6 is 11.6 Å². The van der Waals surface area contributed by atoms with E-state index in [2.05, 4.69) is 15.3 Å². The van der Waals surface area contributed by atoms with Gasteiger partial charge in [-0.05, 0) is 27.7 Å². The summed E-state index contributed by atoms with van der Waals surface area (Å²) in [7, 11) is 0. The number of carbonyl (C=O) groups excluding carboxylic acids is 1. The van der Waals surface area contributed by atoms with E-state index >= 15 is 0 Å². The van der Waals surface area contributed by atoms with Gasteiger partial charge in [-0.3, -0.25) is 4.79 Å². The third kappa shape index (κ3) is 4.30. The second-order valence-electron chi connectivity index (χ2n) is 5.38. The minimum atomic E-state index is -0.352. The Morgan fingerprint density at radius 3 is 2.29 bits per heavy atom. The Labute approximate surface area is 132 Å². The van der Waals surface area contributed by atoms with Crippen molar-refractivity contribution in [3.8, 4) is 0 Å². The van der Waals surface area contributed by atoms with Crippen LogP contribution < -0.4 is 5.32 Å². The number of hydrogen-bond acceptors (Lipinski definition) is 4. The summed E-state index contributed by atoms with van der Waals surface area (Å²) >= 11 is 6.16. The van der Waals surface area contributed by atoms with Crippen molar-refractivity contribution in [3.05, 3.63) is 16.5 Å². The number of anilines is 1. The van der Waals surface area contributed by atoms with Gasteiger partial charge in [-0.2, -0.15) is 0 Å². The first-order valence-corrected chi connectivity index (χ1v) is 7.78. The fourth-order valence-corrected chi connectivity index (χ4v) is 2.16. The van der Waals surface area contributed by atoms with Gasteiger partial charge >= 0.3 is 0 Å². The van der Waals surface area contributed by atoms with E-state index in [-0.39, 0.29) is 17.9 Å². The topological polar surface area (TPSA) is 58.1 Å². The van der Waals surface area contributed by atoms with E-state index in [0.717, 1.165) is 5.56 Å². The second kappa shape index (κ2) is 7.59. The Morgan fingerprint density at radius 1 is 1.24 bits per heavy atom. The molecule has 0 fully saturated rings. The minimum Gasteiger partial charge on any atom is -0.358 e. The monoisotopic (exact) mass is 312 g/mol. The van der Waals surface area contributed by atoms with Gasteiger partial charge in [0.2, 0.25) is 5.91 Å². The molecule has 0 saturated carbocycles. The van der Waals surface area contributed by atoms with Crippen LogP contribution in [0, 0.1) is 6.92 Å². The lowest BCUT2D eigenvalue weighted by molar-refractivity contribution is -0.131. The van der Waals surface area contributed by atoms with Crippen molar-refractivity contribution in [2.24, 2.45) is 0 Å². The lowest BCUT2D eigenvalue weighted by atomic mass is 10.2. The predicted octanol–water partition coefficient (Wildman–Crippen LogP) is 3.23. The first kappa shape index (κ1) is 17.7. The summed E-state index contributed by atoms with van der Waals surface area (Å²) in [4.78, 5) is 22.9. The molecule has 0 spiro atoms. The zero-order valence-electron chi connectivity index (χ0n) is 13.7. The summed E-state index contributed by atoms with van der Waals surface area (Å²) in [5, 5.41) is 3.60. The zero-order valence-corrected chi connectivity index (χ0v) is 14.5. The Kier molecular flexibility index (Phi) is 6.40. The molecule has 1 atom stereocenters. The highest BCUT2D eigenvalue weighted by Crippen LogP contribution is 2.23. The molecule has 5 nitrogen and oxygen atoms in total. The van der Waals surface area contributed by atoms with Crippen LogP contribution in [0.3, 0.4) is 0 Å². The standard InChI is InChI=1S/C15H25ClN4O/c1-7-20(8-2)15(21)11(6)17-14-10(5)12(16)18-13(19-14)9(3)4/h9,11H,7-8H2,1-6H3,(H,17,18,19). The highest BCUT2D eigenvalue weighted by molar-refractivity contribution is 6.30. The lowest BCUT2D eigenvalue weighted by Gasteiger charge is -2.24. The number of carbonyl (C=O) groups is 1. The third-order valence-electron chi connectivity index (χ3n) is 3.42. The molecular formula is C15H25ClN4O. The molecule has 1 N–H and O–H groups in total. The molecule has 0 aliphatic heterocycles. The van der Waals surface area contributed by atoms with Crippen molar-refractivity contribution in [2.45, 2.75) is 53.5 Å². The summed E-state index contributed by atoms with van der Waals surface area (Å²) in [5.41, 5.74) is 0.764. The molecule has 21 heavy (non-hydrogen) atoms. The molecule has 1 heterocycles. The van der Waals surface area contributed by atoms with E-state index < -0.39 is 0 Å². The van der Waals surface area contributed by atoms with Crippen molar-refractivity contribution in [2.75, 3.05) is 18.4 Å². The number of hydrogen-bond donors (Lipinski definition) is 1. The van der Waals surface area contributed by atoms with Crippen molar-refractivity contribution >= 4 is 23.3 Å². The van der Waals surface area contributed by atoms with E-state index in [1.807, 2.05) is 41.5 Å². The van der Waals surface area contributed by atoms with Crippen LogP contribution in [-0.2, 0) is 4.79 Å².